The van der Waals surface area contributed by atoms with Crippen LogP contribution in [0.25, 0.3) is 0 Å². The van der Waals surface area contributed by atoms with Crippen LogP contribution in [0.5, 0.6) is 0 Å². The summed E-state index contributed by atoms with van der Waals surface area (Å²) in [6.45, 7) is 0.923. The van der Waals surface area contributed by atoms with Crippen molar-refractivity contribution >= 4 is 16.0 Å². The van der Waals surface area contributed by atoms with E-state index in [4.69, 9.17) is 19.3 Å². The molecule has 0 aromatic heterocycles. The SMILES string of the molecule is COCCOCCOC(=O)c1ccc(F)c(S(N)(=O)=O)c1. The van der Waals surface area contributed by atoms with Gasteiger partial charge in [0.2, 0.25) is 10.0 Å². The third kappa shape index (κ3) is 5.76. The molecule has 0 fully saturated rings. The van der Waals surface area contributed by atoms with Gasteiger partial charge < -0.3 is 14.2 Å². The first-order chi connectivity index (χ1) is 9.86. The van der Waals surface area contributed by atoms with Gasteiger partial charge in [-0.25, -0.2) is 22.7 Å². The lowest BCUT2D eigenvalue weighted by Crippen LogP contribution is -2.16. The van der Waals surface area contributed by atoms with Crippen molar-refractivity contribution in [1.29, 1.82) is 0 Å². The maximum Gasteiger partial charge on any atom is 0.338 e. The topological polar surface area (TPSA) is 105 Å². The number of ether oxygens (including phenoxy) is 3. The number of primary sulfonamides is 1. The summed E-state index contributed by atoms with van der Waals surface area (Å²) in [5, 5.41) is 4.84. The van der Waals surface area contributed by atoms with E-state index in [1.165, 1.54) is 7.11 Å². The first kappa shape index (κ1) is 17.5. The zero-order valence-electron chi connectivity index (χ0n) is 11.4. The molecule has 0 saturated carbocycles. The molecule has 0 bridgehead atoms. The minimum absolute atomic E-state index is 0.0232. The minimum Gasteiger partial charge on any atom is -0.460 e. The van der Waals surface area contributed by atoms with Gasteiger partial charge in [0.1, 0.15) is 17.3 Å². The highest BCUT2D eigenvalue weighted by Crippen LogP contribution is 2.15. The molecule has 1 aromatic rings. The van der Waals surface area contributed by atoms with Gasteiger partial charge in [-0.3, -0.25) is 0 Å². The Morgan fingerprint density at radius 1 is 1.24 bits per heavy atom. The molecule has 0 aliphatic rings. The van der Waals surface area contributed by atoms with Crippen molar-refractivity contribution in [3.05, 3.63) is 29.6 Å². The zero-order chi connectivity index (χ0) is 15.9. The van der Waals surface area contributed by atoms with E-state index >= 15 is 0 Å². The van der Waals surface area contributed by atoms with Gasteiger partial charge in [0, 0.05) is 7.11 Å². The second-order valence-corrected chi connectivity index (χ2v) is 5.46. The maximum absolute atomic E-state index is 13.3. The fraction of sp³-hybridized carbons (Fsp3) is 0.417. The predicted molar refractivity (Wildman–Crippen MR) is 70.8 cm³/mol. The summed E-state index contributed by atoms with van der Waals surface area (Å²) in [5.74, 6) is -1.83. The molecule has 2 N–H and O–H groups in total. The van der Waals surface area contributed by atoms with Crippen molar-refractivity contribution in [2.45, 2.75) is 4.90 Å². The summed E-state index contributed by atoms with van der Waals surface area (Å²) in [5.41, 5.74) is -0.114. The molecule has 118 valence electrons. The van der Waals surface area contributed by atoms with E-state index in [0.717, 1.165) is 18.2 Å². The van der Waals surface area contributed by atoms with Crippen molar-refractivity contribution in [3.8, 4) is 0 Å². The molecule has 0 saturated heterocycles. The van der Waals surface area contributed by atoms with Crippen LogP contribution < -0.4 is 5.14 Å². The van der Waals surface area contributed by atoms with E-state index in [9.17, 15) is 17.6 Å². The number of carbonyl (C=O) groups excluding carboxylic acids is 1. The van der Waals surface area contributed by atoms with Crippen molar-refractivity contribution < 1.29 is 31.8 Å². The van der Waals surface area contributed by atoms with Crippen LogP contribution in [-0.4, -0.2) is 47.9 Å². The van der Waals surface area contributed by atoms with Gasteiger partial charge in [0.25, 0.3) is 0 Å². The summed E-state index contributed by atoms with van der Waals surface area (Å²) >= 11 is 0. The maximum atomic E-state index is 13.3. The predicted octanol–water partition coefficient (Wildman–Crippen LogP) is 0.293. The van der Waals surface area contributed by atoms with Gasteiger partial charge in [-0.1, -0.05) is 0 Å². The quantitative estimate of drug-likeness (QED) is 0.545. The van der Waals surface area contributed by atoms with E-state index in [0.29, 0.717) is 13.2 Å². The molecule has 0 aliphatic heterocycles. The molecule has 0 heterocycles. The molecule has 0 aliphatic carbocycles. The number of carbonyl (C=O) groups is 1. The minimum atomic E-state index is -4.25. The Morgan fingerprint density at radius 3 is 2.52 bits per heavy atom. The molecule has 0 radical (unpaired) electrons. The lowest BCUT2D eigenvalue weighted by Gasteiger charge is -2.07. The third-order valence-corrected chi connectivity index (χ3v) is 3.29. The summed E-state index contributed by atoms with van der Waals surface area (Å²) in [6, 6.07) is 2.78. The lowest BCUT2D eigenvalue weighted by molar-refractivity contribution is 0.0213. The fourth-order valence-corrected chi connectivity index (χ4v) is 2.00. The molecule has 0 atom stereocenters. The van der Waals surface area contributed by atoms with Gasteiger partial charge >= 0.3 is 5.97 Å². The Kier molecular flexibility index (Phi) is 6.69. The molecular weight excluding hydrogens is 305 g/mol. The van der Waals surface area contributed by atoms with Crippen molar-refractivity contribution in [1.82, 2.24) is 0 Å². The van der Waals surface area contributed by atoms with Crippen LogP contribution in [0, 0.1) is 5.82 Å². The number of hydrogen-bond donors (Lipinski definition) is 1. The molecule has 1 rings (SSSR count). The van der Waals surface area contributed by atoms with Gasteiger partial charge in [0.05, 0.1) is 25.4 Å². The molecular formula is C12H16FNO6S. The number of halogens is 1. The van der Waals surface area contributed by atoms with Gasteiger partial charge in [-0.15, -0.1) is 0 Å². The summed E-state index contributed by atoms with van der Waals surface area (Å²) in [4.78, 5) is 10.9. The Bertz CT molecular complexity index is 589. The first-order valence-corrected chi connectivity index (χ1v) is 7.47. The van der Waals surface area contributed by atoms with E-state index in [1.54, 1.807) is 0 Å². The van der Waals surface area contributed by atoms with E-state index in [2.05, 4.69) is 0 Å². The van der Waals surface area contributed by atoms with Crippen molar-refractivity contribution in [2.24, 2.45) is 5.14 Å². The molecule has 21 heavy (non-hydrogen) atoms. The highest BCUT2D eigenvalue weighted by Gasteiger charge is 2.18. The largest absolute Gasteiger partial charge is 0.460 e. The molecule has 0 amide bonds. The lowest BCUT2D eigenvalue weighted by atomic mass is 10.2. The number of esters is 1. The van der Waals surface area contributed by atoms with Crippen LogP contribution in [0.3, 0.4) is 0 Å². The molecule has 1 aromatic carbocycles. The van der Waals surface area contributed by atoms with Crippen LogP contribution in [0.1, 0.15) is 10.4 Å². The number of hydrogen-bond acceptors (Lipinski definition) is 6. The van der Waals surface area contributed by atoms with Crippen LogP contribution in [-0.2, 0) is 24.2 Å². The average Bonchev–Trinajstić information content (AvgIpc) is 2.41. The number of nitrogens with two attached hydrogens (primary N) is 1. The Morgan fingerprint density at radius 2 is 1.90 bits per heavy atom. The Hall–Kier alpha value is -1.55. The molecule has 0 unspecified atom stereocenters. The Labute approximate surface area is 121 Å². The van der Waals surface area contributed by atoms with E-state index in [1.807, 2.05) is 0 Å². The standard InChI is InChI=1S/C12H16FNO6S/c1-18-4-5-19-6-7-20-12(15)9-2-3-10(13)11(8-9)21(14,16)17/h2-3,8H,4-7H2,1H3,(H2,14,16,17). The number of sulfonamides is 1. The number of methoxy groups -OCH3 is 1. The second-order valence-electron chi connectivity index (χ2n) is 3.93. The molecule has 7 nitrogen and oxygen atoms in total. The summed E-state index contributed by atoms with van der Waals surface area (Å²) in [6.07, 6.45) is 0. The normalized spacial score (nSPS) is 11.4. The number of rotatable bonds is 8. The fourth-order valence-electron chi connectivity index (χ4n) is 1.37. The highest BCUT2D eigenvalue weighted by atomic mass is 32.2. The van der Waals surface area contributed by atoms with Crippen molar-refractivity contribution in [3.63, 3.8) is 0 Å². The number of benzene rings is 1. The summed E-state index contributed by atoms with van der Waals surface area (Å²) < 4.78 is 50.3. The van der Waals surface area contributed by atoms with Gasteiger partial charge in [-0.05, 0) is 18.2 Å². The van der Waals surface area contributed by atoms with E-state index < -0.39 is 26.7 Å². The molecule has 0 spiro atoms. The van der Waals surface area contributed by atoms with Crippen molar-refractivity contribution in [2.75, 3.05) is 33.5 Å². The smallest absolute Gasteiger partial charge is 0.338 e. The average molecular weight is 321 g/mol. The highest BCUT2D eigenvalue weighted by molar-refractivity contribution is 7.89. The van der Waals surface area contributed by atoms with Gasteiger partial charge in [-0.2, -0.15) is 0 Å². The first-order valence-electron chi connectivity index (χ1n) is 5.92. The summed E-state index contributed by atoms with van der Waals surface area (Å²) in [7, 11) is -2.72. The van der Waals surface area contributed by atoms with Gasteiger partial charge in [0.15, 0.2) is 0 Å². The van der Waals surface area contributed by atoms with Crippen LogP contribution in [0.4, 0.5) is 4.39 Å². The Balaban J connectivity index is 2.59. The zero-order valence-corrected chi connectivity index (χ0v) is 12.2. The van der Waals surface area contributed by atoms with Crippen LogP contribution in [0.2, 0.25) is 0 Å². The van der Waals surface area contributed by atoms with Crippen LogP contribution in [0.15, 0.2) is 23.1 Å². The van der Waals surface area contributed by atoms with E-state index in [-0.39, 0.29) is 18.8 Å². The monoisotopic (exact) mass is 321 g/mol. The second kappa shape index (κ2) is 8.03. The third-order valence-electron chi connectivity index (χ3n) is 2.37. The van der Waals surface area contributed by atoms with Crippen LogP contribution >= 0.6 is 0 Å². The molecule has 9 heteroatoms.